The van der Waals surface area contributed by atoms with Gasteiger partial charge in [-0.1, -0.05) is 11.6 Å². The number of pyridine rings is 1. The summed E-state index contributed by atoms with van der Waals surface area (Å²) in [6, 6.07) is 7.57. The zero-order valence-electron chi connectivity index (χ0n) is 14.6. The molecule has 0 bridgehead atoms. The number of halogens is 2. The zero-order valence-corrected chi connectivity index (χ0v) is 15.3. The van der Waals surface area contributed by atoms with Gasteiger partial charge in [-0.25, -0.2) is 9.37 Å². The Morgan fingerprint density at radius 2 is 1.93 bits per heavy atom. The first-order valence-corrected chi connectivity index (χ1v) is 9.18. The third-order valence-corrected chi connectivity index (χ3v) is 5.14. The molecular weight excluding hydrogens is 373 g/mol. The number of carbonyl (C=O) groups excluding carboxylic acids is 1. The number of carbonyl (C=O) groups is 1. The number of aromatic nitrogens is 1. The maximum atomic E-state index is 13.2. The summed E-state index contributed by atoms with van der Waals surface area (Å²) in [5.41, 5.74) is 0.837. The lowest BCUT2D eigenvalue weighted by Gasteiger charge is -2.38. The zero-order chi connectivity index (χ0) is 18.9. The van der Waals surface area contributed by atoms with Gasteiger partial charge in [-0.2, -0.15) is 0 Å². The van der Waals surface area contributed by atoms with Gasteiger partial charge < -0.3 is 19.7 Å². The molecular formula is C19H19ClFN3O3. The highest BCUT2D eigenvalue weighted by Gasteiger charge is 2.40. The number of nitrogens with one attached hydrogen (secondary N) is 1. The van der Waals surface area contributed by atoms with Crippen molar-refractivity contribution in [3.05, 3.63) is 52.9 Å². The van der Waals surface area contributed by atoms with Crippen molar-refractivity contribution >= 4 is 29.0 Å². The number of nitrogens with zero attached hydrogens (tertiary/aromatic N) is 2. The molecule has 2 fully saturated rings. The summed E-state index contributed by atoms with van der Waals surface area (Å²) in [7, 11) is 0. The van der Waals surface area contributed by atoms with Crippen LogP contribution in [0.2, 0.25) is 5.02 Å². The first-order valence-electron chi connectivity index (χ1n) is 8.80. The number of ether oxygens (including phenoxy) is 2. The summed E-state index contributed by atoms with van der Waals surface area (Å²) >= 11 is 5.73. The lowest BCUT2D eigenvalue weighted by atomic mass is 10.0. The molecule has 0 atom stereocenters. The monoisotopic (exact) mass is 391 g/mol. The van der Waals surface area contributed by atoms with Crippen molar-refractivity contribution in [3.63, 3.8) is 0 Å². The van der Waals surface area contributed by atoms with Crippen molar-refractivity contribution in [2.45, 2.75) is 18.6 Å². The Bertz CT molecular complexity index is 831. The van der Waals surface area contributed by atoms with E-state index < -0.39 is 11.6 Å². The molecule has 1 aromatic carbocycles. The van der Waals surface area contributed by atoms with Gasteiger partial charge in [0, 0.05) is 37.8 Å². The Balaban J connectivity index is 1.38. The number of benzene rings is 1. The van der Waals surface area contributed by atoms with Gasteiger partial charge in [0.1, 0.15) is 11.6 Å². The average molecular weight is 392 g/mol. The van der Waals surface area contributed by atoms with E-state index in [1.807, 2.05) is 6.07 Å². The summed E-state index contributed by atoms with van der Waals surface area (Å²) in [5.74, 6) is -0.476. The maximum Gasteiger partial charge on any atom is 0.257 e. The molecule has 1 aromatic heterocycles. The predicted octanol–water partition coefficient (Wildman–Crippen LogP) is 3.47. The van der Waals surface area contributed by atoms with Crippen LogP contribution >= 0.6 is 11.6 Å². The molecule has 142 valence electrons. The number of amides is 1. The van der Waals surface area contributed by atoms with Crippen LogP contribution in [0.15, 0.2) is 36.5 Å². The fraction of sp³-hybridized carbons (Fsp3) is 0.368. The number of hydrogen-bond donors (Lipinski definition) is 1. The molecule has 1 amide bonds. The maximum absolute atomic E-state index is 13.2. The molecule has 3 heterocycles. The lowest BCUT2D eigenvalue weighted by Crippen LogP contribution is -2.45. The Hall–Kier alpha value is -2.22. The SMILES string of the molecule is O=C(Nc1ccc(F)c(Cl)c1)c1ccc(N2CCC3(CC2)OCCO3)nc1. The van der Waals surface area contributed by atoms with Crippen molar-refractivity contribution in [1.82, 2.24) is 4.98 Å². The van der Waals surface area contributed by atoms with Crippen LogP contribution in [0.5, 0.6) is 0 Å². The minimum absolute atomic E-state index is 0.0423. The Kier molecular flexibility index (Phi) is 4.99. The predicted molar refractivity (Wildman–Crippen MR) is 99.7 cm³/mol. The summed E-state index contributed by atoms with van der Waals surface area (Å²) in [6.07, 6.45) is 3.12. The molecule has 6 nitrogen and oxygen atoms in total. The smallest absolute Gasteiger partial charge is 0.257 e. The third kappa shape index (κ3) is 3.90. The fourth-order valence-corrected chi connectivity index (χ4v) is 3.53. The molecule has 1 N–H and O–H groups in total. The van der Waals surface area contributed by atoms with Crippen molar-refractivity contribution in [3.8, 4) is 0 Å². The normalized spacial score (nSPS) is 18.7. The highest BCUT2D eigenvalue weighted by Crippen LogP contribution is 2.32. The van der Waals surface area contributed by atoms with E-state index in [-0.39, 0.29) is 10.9 Å². The van der Waals surface area contributed by atoms with Gasteiger partial charge >= 0.3 is 0 Å². The van der Waals surface area contributed by atoms with Gasteiger partial charge in [-0.15, -0.1) is 0 Å². The van der Waals surface area contributed by atoms with Crippen LogP contribution < -0.4 is 10.2 Å². The minimum atomic E-state index is -0.530. The summed E-state index contributed by atoms with van der Waals surface area (Å²) in [6.45, 7) is 2.88. The second-order valence-corrected chi connectivity index (χ2v) is 6.99. The van der Waals surface area contributed by atoms with E-state index in [1.165, 1.54) is 24.4 Å². The summed E-state index contributed by atoms with van der Waals surface area (Å²) in [4.78, 5) is 18.9. The van der Waals surface area contributed by atoms with Crippen LogP contribution in [0.1, 0.15) is 23.2 Å². The molecule has 0 saturated carbocycles. The topological polar surface area (TPSA) is 63.7 Å². The van der Waals surface area contributed by atoms with Gasteiger partial charge in [-0.05, 0) is 30.3 Å². The van der Waals surface area contributed by atoms with Crippen LogP contribution in [0.4, 0.5) is 15.9 Å². The van der Waals surface area contributed by atoms with E-state index in [9.17, 15) is 9.18 Å². The Labute approximate surface area is 161 Å². The molecule has 1 spiro atoms. The largest absolute Gasteiger partial charge is 0.356 e. The number of rotatable bonds is 3. The molecule has 27 heavy (non-hydrogen) atoms. The second kappa shape index (κ2) is 7.42. The van der Waals surface area contributed by atoms with E-state index in [1.54, 1.807) is 6.07 Å². The van der Waals surface area contributed by atoms with Crippen LogP contribution in [-0.2, 0) is 9.47 Å². The van der Waals surface area contributed by atoms with E-state index in [0.29, 0.717) is 24.5 Å². The van der Waals surface area contributed by atoms with E-state index >= 15 is 0 Å². The van der Waals surface area contributed by atoms with Crippen LogP contribution in [-0.4, -0.2) is 43.0 Å². The highest BCUT2D eigenvalue weighted by molar-refractivity contribution is 6.31. The average Bonchev–Trinajstić information content (AvgIpc) is 3.13. The van der Waals surface area contributed by atoms with Crippen molar-refractivity contribution in [2.75, 3.05) is 36.5 Å². The van der Waals surface area contributed by atoms with Crippen molar-refractivity contribution in [2.24, 2.45) is 0 Å². The quantitative estimate of drug-likeness (QED) is 0.868. The minimum Gasteiger partial charge on any atom is -0.356 e. The summed E-state index contributed by atoms with van der Waals surface area (Å²) < 4.78 is 24.7. The van der Waals surface area contributed by atoms with Crippen molar-refractivity contribution in [1.29, 1.82) is 0 Å². The number of anilines is 2. The van der Waals surface area contributed by atoms with Crippen LogP contribution in [0.3, 0.4) is 0 Å². The van der Waals surface area contributed by atoms with Gasteiger partial charge in [0.2, 0.25) is 0 Å². The first kappa shape index (κ1) is 18.2. The van der Waals surface area contributed by atoms with Crippen LogP contribution in [0, 0.1) is 5.82 Å². The molecule has 8 heteroatoms. The Morgan fingerprint density at radius 3 is 2.56 bits per heavy atom. The number of piperidine rings is 1. The molecule has 4 rings (SSSR count). The van der Waals surface area contributed by atoms with E-state index in [4.69, 9.17) is 21.1 Å². The fourth-order valence-electron chi connectivity index (χ4n) is 3.35. The van der Waals surface area contributed by atoms with E-state index in [0.717, 1.165) is 31.7 Å². The van der Waals surface area contributed by atoms with Gasteiger partial charge in [0.05, 0.1) is 23.8 Å². The number of hydrogen-bond acceptors (Lipinski definition) is 5. The molecule has 2 saturated heterocycles. The lowest BCUT2D eigenvalue weighted by molar-refractivity contribution is -0.169. The molecule has 0 unspecified atom stereocenters. The van der Waals surface area contributed by atoms with E-state index in [2.05, 4.69) is 15.2 Å². The molecule has 0 aliphatic carbocycles. The summed E-state index contributed by atoms with van der Waals surface area (Å²) in [5, 5.41) is 2.64. The Morgan fingerprint density at radius 1 is 1.19 bits per heavy atom. The standard InChI is InChI=1S/C19H19ClFN3O3/c20-15-11-14(2-3-16(15)21)23-18(25)13-1-4-17(22-12-13)24-7-5-19(6-8-24)26-9-10-27-19/h1-4,11-12H,5-10H2,(H,23,25). The van der Waals surface area contributed by atoms with Gasteiger partial charge in [0.25, 0.3) is 5.91 Å². The van der Waals surface area contributed by atoms with Crippen LogP contribution in [0.25, 0.3) is 0 Å². The van der Waals surface area contributed by atoms with Crippen molar-refractivity contribution < 1.29 is 18.7 Å². The third-order valence-electron chi connectivity index (χ3n) is 4.85. The molecule has 2 aromatic rings. The molecule has 0 radical (unpaired) electrons. The van der Waals surface area contributed by atoms with Gasteiger partial charge in [-0.3, -0.25) is 4.79 Å². The molecule has 2 aliphatic rings. The molecule has 2 aliphatic heterocycles. The second-order valence-electron chi connectivity index (χ2n) is 6.58. The highest BCUT2D eigenvalue weighted by atomic mass is 35.5. The van der Waals surface area contributed by atoms with Gasteiger partial charge in [0.15, 0.2) is 5.79 Å². The first-order chi connectivity index (χ1) is 13.0.